The molecule has 0 unspecified atom stereocenters. The van der Waals surface area contributed by atoms with Gasteiger partial charge in [-0.25, -0.2) is 9.97 Å². The fourth-order valence-corrected chi connectivity index (χ4v) is 2.12. The first-order valence-electron chi connectivity index (χ1n) is 7.81. The zero-order valence-corrected chi connectivity index (χ0v) is 14.6. The average molecular weight is 382 g/mol. The van der Waals surface area contributed by atoms with Crippen molar-refractivity contribution in [3.8, 4) is 5.88 Å². The van der Waals surface area contributed by atoms with Gasteiger partial charge in [0, 0.05) is 37.0 Å². The van der Waals surface area contributed by atoms with E-state index in [1.54, 1.807) is 19.1 Å². The molecule has 0 aromatic carbocycles. The number of halogens is 3. The van der Waals surface area contributed by atoms with Crippen LogP contribution in [0.3, 0.4) is 0 Å². The molecule has 2 aromatic heterocycles. The fourth-order valence-electron chi connectivity index (χ4n) is 2.12. The maximum Gasteiger partial charge on any atom is 0.422 e. The summed E-state index contributed by atoms with van der Waals surface area (Å²) in [4.78, 5) is 31.2. The molecule has 0 fully saturated rings. The first kappa shape index (κ1) is 20.1. The van der Waals surface area contributed by atoms with Crippen molar-refractivity contribution < 1.29 is 27.5 Å². The number of alkyl halides is 3. The highest BCUT2D eigenvalue weighted by Crippen LogP contribution is 2.17. The van der Waals surface area contributed by atoms with Gasteiger partial charge < -0.3 is 15.4 Å². The molecule has 2 aromatic rings. The third kappa shape index (κ3) is 6.92. The minimum atomic E-state index is -4.46. The Morgan fingerprint density at radius 3 is 2.63 bits per heavy atom. The molecule has 0 spiro atoms. The molecule has 0 aliphatic carbocycles. The molecule has 2 amide bonds. The van der Waals surface area contributed by atoms with Gasteiger partial charge in [0.25, 0.3) is 5.91 Å². The number of aryl methyl sites for hydroxylation is 1. The zero-order valence-electron chi connectivity index (χ0n) is 14.6. The third-order valence-corrected chi connectivity index (χ3v) is 3.16. The van der Waals surface area contributed by atoms with E-state index in [0.29, 0.717) is 11.3 Å². The third-order valence-electron chi connectivity index (χ3n) is 3.16. The number of carbonyl (C=O) groups excluding carboxylic acids is 2. The summed E-state index contributed by atoms with van der Waals surface area (Å²) in [6.07, 6.45) is -3.17. The lowest BCUT2D eigenvalue weighted by molar-refractivity contribution is -0.154. The Balaban J connectivity index is 2.01. The maximum atomic E-state index is 12.3. The van der Waals surface area contributed by atoms with Crippen molar-refractivity contribution in [3.05, 3.63) is 47.3 Å². The second-order valence-corrected chi connectivity index (χ2v) is 5.65. The lowest BCUT2D eigenvalue weighted by atomic mass is 10.2. The van der Waals surface area contributed by atoms with Gasteiger partial charge in [-0.15, -0.1) is 0 Å². The monoisotopic (exact) mass is 382 g/mol. The van der Waals surface area contributed by atoms with Gasteiger partial charge >= 0.3 is 6.18 Å². The maximum absolute atomic E-state index is 12.3. The molecule has 2 heterocycles. The number of anilines is 1. The van der Waals surface area contributed by atoms with E-state index in [1.807, 2.05) is 0 Å². The van der Waals surface area contributed by atoms with Crippen molar-refractivity contribution in [2.24, 2.45) is 0 Å². The number of pyridine rings is 2. The van der Waals surface area contributed by atoms with Crippen LogP contribution in [0, 0.1) is 6.92 Å². The summed E-state index contributed by atoms with van der Waals surface area (Å²) >= 11 is 0. The van der Waals surface area contributed by atoms with E-state index < -0.39 is 18.7 Å². The normalized spacial score (nSPS) is 11.0. The molecule has 144 valence electrons. The summed E-state index contributed by atoms with van der Waals surface area (Å²) in [5.41, 5.74) is 1.34. The smallest absolute Gasteiger partial charge is 0.422 e. The van der Waals surface area contributed by atoms with Crippen molar-refractivity contribution in [1.29, 1.82) is 0 Å². The minimum Gasteiger partial charge on any atom is -0.468 e. The van der Waals surface area contributed by atoms with E-state index in [4.69, 9.17) is 0 Å². The number of nitrogens with zero attached hydrogens (tertiary/aromatic N) is 2. The Morgan fingerprint density at radius 2 is 1.96 bits per heavy atom. The molecule has 10 heteroatoms. The molecule has 2 rings (SSSR count). The largest absolute Gasteiger partial charge is 0.468 e. The Kier molecular flexibility index (Phi) is 6.32. The minimum absolute atomic E-state index is 0.0561. The zero-order chi connectivity index (χ0) is 20.0. The first-order chi connectivity index (χ1) is 12.6. The topological polar surface area (TPSA) is 93.2 Å². The summed E-state index contributed by atoms with van der Waals surface area (Å²) in [7, 11) is 0. The van der Waals surface area contributed by atoms with Crippen LogP contribution in [-0.2, 0) is 11.3 Å². The van der Waals surface area contributed by atoms with Crippen molar-refractivity contribution in [1.82, 2.24) is 15.3 Å². The van der Waals surface area contributed by atoms with Crippen LogP contribution in [0.2, 0.25) is 0 Å². The van der Waals surface area contributed by atoms with Crippen LogP contribution in [0.4, 0.5) is 19.0 Å². The number of hydrogen-bond acceptors (Lipinski definition) is 5. The average Bonchev–Trinajstić information content (AvgIpc) is 2.56. The van der Waals surface area contributed by atoms with Crippen molar-refractivity contribution in [2.45, 2.75) is 26.6 Å². The molecule has 0 aliphatic rings. The van der Waals surface area contributed by atoms with E-state index in [-0.39, 0.29) is 29.7 Å². The highest BCUT2D eigenvalue weighted by molar-refractivity contribution is 5.96. The quantitative estimate of drug-likeness (QED) is 0.801. The van der Waals surface area contributed by atoms with E-state index in [2.05, 4.69) is 25.3 Å². The summed E-state index contributed by atoms with van der Waals surface area (Å²) in [5, 5.41) is 5.14. The lowest BCUT2D eigenvalue weighted by Gasteiger charge is -2.10. The van der Waals surface area contributed by atoms with Crippen LogP contribution in [0.25, 0.3) is 0 Å². The molecule has 0 aliphatic heterocycles. The predicted molar refractivity (Wildman–Crippen MR) is 90.2 cm³/mol. The highest BCUT2D eigenvalue weighted by atomic mass is 19.4. The number of amides is 2. The number of carbonyl (C=O) groups is 2. The van der Waals surface area contributed by atoms with Crippen LogP contribution in [0.15, 0.2) is 30.5 Å². The van der Waals surface area contributed by atoms with Crippen LogP contribution >= 0.6 is 0 Å². The van der Waals surface area contributed by atoms with Gasteiger partial charge in [0.15, 0.2) is 6.61 Å². The number of aromatic nitrogens is 2. The summed E-state index contributed by atoms with van der Waals surface area (Å²) in [5.74, 6) is -0.685. The Bertz CT molecular complexity index is 840. The second kappa shape index (κ2) is 8.47. The highest BCUT2D eigenvalue weighted by Gasteiger charge is 2.28. The number of nitrogens with one attached hydrogen (secondary N) is 2. The molecule has 0 bridgehead atoms. The molecular formula is C17H17F3N4O3. The summed E-state index contributed by atoms with van der Waals surface area (Å²) in [6, 6.07) is 5.83. The summed E-state index contributed by atoms with van der Waals surface area (Å²) in [6.45, 7) is 1.61. The molecular weight excluding hydrogens is 365 g/mol. The molecule has 0 atom stereocenters. The van der Waals surface area contributed by atoms with Gasteiger partial charge in [-0.2, -0.15) is 13.2 Å². The molecule has 27 heavy (non-hydrogen) atoms. The van der Waals surface area contributed by atoms with Gasteiger partial charge in [0.2, 0.25) is 11.8 Å². The van der Waals surface area contributed by atoms with Gasteiger partial charge in [0.05, 0.1) is 0 Å². The molecule has 7 nitrogen and oxygen atoms in total. The number of hydrogen-bond donors (Lipinski definition) is 2. The van der Waals surface area contributed by atoms with Crippen molar-refractivity contribution in [2.75, 3.05) is 11.9 Å². The molecule has 0 radical (unpaired) electrons. The van der Waals surface area contributed by atoms with Gasteiger partial charge in [-0.05, 0) is 30.7 Å². The standard InChI is InChI=1S/C17H17F3N4O3/c1-10-5-13(7-14(23-10)24-11(2)25)16(26)22-8-12-3-4-21-15(6-12)27-9-17(18,19)20/h3-7H,8-9H2,1-2H3,(H,22,26)(H,23,24,25). The van der Waals surface area contributed by atoms with Crippen LogP contribution in [-0.4, -0.2) is 34.6 Å². The van der Waals surface area contributed by atoms with Gasteiger partial charge in [0.1, 0.15) is 5.82 Å². The van der Waals surface area contributed by atoms with Crippen LogP contribution in [0.5, 0.6) is 5.88 Å². The number of ether oxygens (including phenoxy) is 1. The molecule has 0 saturated heterocycles. The van der Waals surface area contributed by atoms with Crippen LogP contribution in [0.1, 0.15) is 28.5 Å². The summed E-state index contributed by atoms with van der Waals surface area (Å²) < 4.78 is 41.1. The lowest BCUT2D eigenvalue weighted by Crippen LogP contribution is -2.23. The molecule has 0 saturated carbocycles. The molecule has 2 N–H and O–H groups in total. The predicted octanol–water partition coefficient (Wildman–Crippen LogP) is 2.61. The second-order valence-electron chi connectivity index (χ2n) is 5.65. The van der Waals surface area contributed by atoms with Gasteiger partial charge in [-0.1, -0.05) is 0 Å². The Hall–Kier alpha value is -3.17. The van der Waals surface area contributed by atoms with Crippen molar-refractivity contribution >= 4 is 17.6 Å². The van der Waals surface area contributed by atoms with Crippen molar-refractivity contribution in [3.63, 3.8) is 0 Å². The van der Waals surface area contributed by atoms with E-state index >= 15 is 0 Å². The van der Waals surface area contributed by atoms with E-state index in [1.165, 1.54) is 25.3 Å². The first-order valence-corrected chi connectivity index (χ1v) is 7.81. The Morgan fingerprint density at radius 1 is 1.22 bits per heavy atom. The van der Waals surface area contributed by atoms with Gasteiger partial charge in [-0.3, -0.25) is 9.59 Å². The number of rotatable bonds is 6. The van der Waals surface area contributed by atoms with Crippen LogP contribution < -0.4 is 15.4 Å². The Labute approximate surface area is 153 Å². The SMILES string of the molecule is CC(=O)Nc1cc(C(=O)NCc2ccnc(OCC(F)(F)F)c2)cc(C)n1. The van der Waals surface area contributed by atoms with E-state index in [0.717, 1.165) is 0 Å². The van der Waals surface area contributed by atoms with E-state index in [9.17, 15) is 22.8 Å². The fraction of sp³-hybridized carbons (Fsp3) is 0.294.